The Morgan fingerprint density at radius 2 is 1.48 bits per heavy atom. The van der Waals surface area contributed by atoms with Crippen molar-refractivity contribution in [2.45, 2.75) is 145 Å². The summed E-state index contributed by atoms with van der Waals surface area (Å²) in [7, 11) is 0. The summed E-state index contributed by atoms with van der Waals surface area (Å²) in [4.78, 5) is 50.1. The van der Waals surface area contributed by atoms with Gasteiger partial charge in [0.2, 0.25) is 0 Å². The third-order valence-corrected chi connectivity index (χ3v) is 15.6. The van der Waals surface area contributed by atoms with E-state index in [0.29, 0.717) is 23.7 Å². The van der Waals surface area contributed by atoms with E-state index in [0.717, 1.165) is 64.2 Å². The summed E-state index contributed by atoms with van der Waals surface area (Å²) in [6.07, 6.45) is 9.51. The zero-order valence-electron chi connectivity index (χ0n) is 29.8. The highest BCUT2D eigenvalue weighted by molar-refractivity contribution is 5.88. The summed E-state index contributed by atoms with van der Waals surface area (Å²) in [5, 5.41) is 18.9. The van der Waals surface area contributed by atoms with Crippen LogP contribution in [0.1, 0.15) is 139 Å². The van der Waals surface area contributed by atoms with E-state index in [1.54, 1.807) is 13.8 Å². The number of carboxylic acids is 2. The minimum Gasteiger partial charge on any atom is -0.481 e. The number of carbonyl (C=O) groups excluding carboxylic acids is 2. The second-order valence-electron chi connectivity index (χ2n) is 18.4. The summed E-state index contributed by atoms with van der Waals surface area (Å²) in [5.74, 6) is -0.295. The molecule has 7 heteroatoms. The van der Waals surface area contributed by atoms with Crippen LogP contribution < -0.4 is 0 Å². The van der Waals surface area contributed by atoms with Gasteiger partial charge >= 0.3 is 17.9 Å². The van der Waals surface area contributed by atoms with Gasteiger partial charge in [0.05, 0.1) is 18.3 Å². The second kappa shape index (κ2) is 11.5. The number of fused-ring (bicyclic) bond motifs is 7. The zero-order valence-corrected chi connectivity index (χ0v) is 29.8. The van der Waals surface area contributed by atoms with E-state index in [4.69, 9.17) is 4.74 Å². The molecule has 0 aromatic heterocycles. The van der Waals surface area contributed by atoms with Crippen molar-refractivity contribution >= 4 is 23.7 Å². The first-order valence-electron chi connectivity index (χ1n) is 18.0. The van der Waals surface area contributed by atoms with E-state index in [9.17, 15) is 29.4 Å². The first kappa shape index (κ1) is 35.1. The van der Waals surface area contributed by atoms with Crippen LogP contribution in [-0.4, -0.2) is 40.0 Å². The quantitative estimate of drug-likeness (QED) is 0.192. The predicted octanol–water partition coefficient (Wildman–Crippen LogP) is 8.49. The summed E-state index contributed by atoms with van der Waals surface area (Å²) in [6.45, 7) is 21.8. The van der Waals surface area contributed by atoms with Crippen LogP contribution in [0.4, 0.5) is 0 Å². The molecule has 5 saturated carbocycles. The highest BCUT2D eigenvalue weighted by atomic mass is 16.5. The summed E-state index contributed by atoms with van der Waals surface area (Å²) >= 11 is 0. The summed E-state index contributed by atoms with van der Waals surface area (Å²) in [5.41, 5.74) is -0.387. The van der Waals surface area contributed by atoms with Gasteiger partial charge in [0.15, 0.2) is 0 Å². The van der Waals surface area contributed by atoms with Crippen molar-refractivity contribution in [3.8, 4) is 0 Å². The summed E-state index contributed by atoms with van der Waals surface area (Å²) < 4.78 is 6.12. The monoisotopic (exact) mass is 640 g/mol. The molecule has 258 valence electrons. The molecule has 0 aromatic carbocycles. The highest BCUT2D eigenvalue weighted by Gasteiger charge is 2.71. The van der Waals surface area contributed by atoms with Crippen LogP contribution >= 0.6 is 0 Å². The maximum absolute atomic E-state index is 14.0. The molecule has 5 fully saturated rings. The maximum Gasteiger partial charge on any atom is 0.309 e. The normalized spacial score (nSPS) is 42.9. The topological polar surface area (TPSA) is 118 Å². The van der Waals surface area contributed by atoms with Crippen molar-refractivity contribution < 1.29 is 34.1 Å². The van der Waals surface area contributed by atoms with Crippen LogP contribution in [0, 0.1) is 62.1 Å². The van der Waals surface area contributed by atoms with E-state index in [2.05, 4.69) is 48.1 Å². The Kier molecular flexibility index (Phi) is 8.76. The van der Waals surface area contributed by atoms with Gasteiger partial charge in [-0.15, -0.1) is 0 Å². The lowest BCUT2D eigenvalue weighted by Crippen LogP contribution is -2.67. The van der Waals surface area contributed by atoms with Crippen molar-refractivity contribution in [3.63, 3.8) is 0 Å². The van der Waals surface area contributed by atoms with Crippen LogP contribution in [0.5, 0.6) is 0 Å². The van der Waals surface area contributed by atoms with Crippen molar-refractivity contribution in [3.05, 3.63) is 12.2 Å². The molecule has 5 aliphatic carbocycles. The Balaban J connectivity index is 1.42. The van der Waals surface area contributed by atoms with Crippen LogP contribution in [0.2, 0.25) is 0 Å². The molecular weight excluding hydrogens is 580 g/mol. The number of carbonyl (C=O) groups is 4. The van der Waals surface area contributed by atoms with Crippen LogP contribution in [0.3, 0.4) is 0 Å². The molecule has 10 atom stereocenters. The number of hydrogen-bond acceptors (Lipinski definition) is 5. The summed E-state index contributed by atoms with van der Waals surface area (Å²) in [6, 6.07) is 0. The number of aliphatic carboxylic acids is 2. The molecule has 7 nitrogen and oxygen atoms in total. The minimum atomic E-state index is -1.16. The molecule has 0 aliphatic heterocycles. The molecule has 0 bridgehead atoms. The fraction of sp³-hybridized carbons (Fsp3) is 0.846. The molecule has 5 rings (SSSR count). The Hall–Kier alpha value is -2.18. The third kappa shape index (κ3) is 5.11. The maximum atomic E-state index is 14.0. The molecule has 0 saturated heterocycles. The smallest absolute Gasteiger partial charge is 0.309 e. The Morgan fingerprint density at radius 1 is 0.804 bits per heavy atom. The lowest BCUT2D eigenvalue weighted by Gasteiger charge is -2.73. The largest absolute Gasteiger partial charge is 0.481 e. The SMILES string of the molecule is C=C(C)[C@@H]1CC[C@]2(C(=O)CCC(=O)O)CC[C@]3(C)[C@H](CC[C@@H]4[C@@]5(C)CC[C@H](OC(=O)CC(C)(C)C(=O)O)C(C)(C)[C@@H]5CC[C@]43C)[C@@H]12. The van der Waals surface area contributed by atoms with Gasteiger partial charge in [0.1, 0.15) is 11.9 Å². The number of carboxylic acid groups (broad SMARTS) is 2. The molecule has 0 radical (unpaired) electrons. The molecule has 0 aromatic rings. The minimum absolute atomic E-state index is 0.0685. The Labute approximate surface area is 276 Å². The third-order valence-electron chi connectivity index (χ3n) is 15.6. The van der Waals surface area contributed by atoms with E-state index < -0.39 is 28.7 Å². The van der Waals surface area contributed by atoms with Crippen LogP contribution in [0.25, 0.3) is 0 Å². The molecule has 0 heterocycles. The van der Waals surface area contributed by atoms with Crippen molar-refractivity contribution in [2.75, 3.05) is 0 Å². The Morgan fingerprint density at radius 3 is 2.09 bits per heavy atom. The lowest BCUT2D eigenvalue weighted by atomic mass is 9.32. The van der Waals surface area contributed by atoms with Crippen LogP contribution in [-0.2, 0) is 23.9 Å². The van der Waals surface area contributed by atoms with Gasteiger partial charge in [-0.1, -0.05) is 46.8 Å². The number of rotatable bonds is 9. The standard InChI is InChI=1S/C39H60O7/c1-23(2)24-14-19-39(28(40)12-13-30(41)42)21-20-37(8)25(32(24)39)10-11-27-36(7)17-16-29(46-31(43)22-34(3,4)33(44)45)35(5,6)26(36)15-18-38(27,37)9/h24-27,29,32H,1,10-22H2,2-9H3,(H,41,42)(H,44,45)/t24-,25+,26-,27+,29-,32+,36-,37+,38+,39+/m0/s1. The van der Waals surface area contributed by atoms with Gasteiger partial charge in [-0.2, -0.15) is 0 Å². The Bertz CT molecular complexity index is 1300. The van der Waals surface area contributed by atoms with E-state index in [1.165, 1.54) is 5.57 Å². The highest BCUT2D eigenvalue weighted by Crippen LogP contribution is 2.77. The van der Waals surface area contributed by atoms with Crippen molar-refractivity contribution in [1.82, 2.24) is 0 Å². The van der Waals surface area contributed by atoms with E-state index in [-0.39, 0.29) is 58.7 Å². The zero-order chi connectivity index (χ0) is 34.3. The molecule has 0 spiro atoms. The molecule has 46 heavy (non-hydrogen) atoms. The molecule has 0 amide bonds. The first-order chi connectivity index (χ1) is 21.2. The number of allylic oxidation sites excluding steroid dienone is 1. The molecular formula is C39H60O7. The van der Waals surface area contributed by atoms with Gasteiger partial charge in [-0.25, -0.2) is 0 Å². The molecule has 0 unspecified atom stereocenters. The fourth-order valence-electron chi connectivity index (χ4n) is 12.9. The molecule has 2 N–H and O–H groups in total. The van der Waals surface area contributed by atoms with E-state index in [1.807, 2.05) is 0 Å². The van der Waals surface area contributed by atoms with Gasteiger partial charge in [0.25, 0.3) is 0 Å². The van der Waals surface area contributed by atoms with Crippen molar-refractivity contribution in [2.24, 2.45) is 62.1 Å². The van der Waals surface area contributed by atoms with Crippen molar-refractivity contribution in [1.29, 1.82) is 0 Å². The number of hydrogen-bond donors (Lipinski definition) is 2. The molecule has 5 aliphatic rings. The van der Waals surface area contributed by atoms with Gasteiger partial charge in [-0.05, 0) is 131 Å². The van der Waals surface area contributed by atoms with Crippen LogP contribution in [0.15, 0.2) is 12.2 Å². The average Bonchev–Trinajstić information content (AvgIpc) is 3.34. The first-order valence-corrected chi connectivity index (χ1v) is 18.0. The predicted molar refractivity (Wildman–Crippen MR) is 177 cm³/mol. The van der Waals surface area contributed by atoms with Gasteiger partial charge in [0, 0.05) is 17.3 Å². The number of esters is 1. The number of ketones is 1. The number of Topliss-reactive ketones (excluding diaryl/α,β-unsaturated/α-hetero) is 1. The van der Waals surface area contributed by atoms with E-state index >= 15 is 0 Å². The number of ether oxygens (including phenoxy) is 1. The lowest BCUT2D eigenvalue weighted by molar-refractivity contribution is -0.249. The van der Waals surface area contributed by atoms with Gasteiger partial charge in [-0.3, -0.25) is 19.2 Å². The average molecular weight is 641 g/mol. The van der Waals surface area contributed by atoms with Gasteiger partial charge < -0.3 is 14.9 Å². The second-order valence-corrected chi connectivity index (χ2v) is 18.4. The fourth-order valence-corrected chi connectivity index (χ4v) is 12.9.